The monoisotopic (exact) mass is 217 g/mol. The van der Waals surface area contributed by atoms with Crippen LogP contribution in [0.4, 0.5) is 13.2 Å². The molecule has 0 amide bonds. The van der Waals surface area contributed by atoms with E-state index < -0.39 is 11.7 Å². The summed E-state index contributed by atoms with van der Waals surface area (Å²) < 4.78 is 37.7. The van der Waals surface area contributed by atoms with E-state index in [1.54, 1.807) is 6.07 Å². The van der Waals surface area contributed by atoms with Crippen LogP contribution in [-0.2, 0) is 12.6 Å². The molecule has 0 unspecified atom stereocenters. The van der Waals surface area contributed by atoms with E-state index >= 15 is 0 Å². The Morgan fingerprint density at radius 2 is 1.73 bits per heavy atom. The highest BCUT2D eigenvalue weighted by molar-refractivity contribution is 5.29. The first-order valence-corrected chi connectivity index (χ1v) is 4.71. The van der Waals surface area contributed by atoms with Crippen LogP contribution in [0, 0.1) is 0 Å². The molecule has 0 spiro atoms. The van der Waals surface area contributed by atoms with E-state index in [-0.39, 0.29) is 0 Å². The van der Waals surface area contributed by atoms with Gasteiger partial charge in [0.05, 0.1) is 5.56 Å². The molecular formula is C11H14F3N. The van der Waals surface area contributed by atoms with Crippen molar-refractivity contribution in [3.63, 3.8) is 0 Å². The van der Waals surface area contributed by atoms with Gasteiger partial charge in [-0.2, -0.15) is 13.2 Å². The van der Waals surface area contributed by atoms with Gasteiger partial charge in [-0.1, -0.05) is 18.2 Å². The summed E-state index contributed by atoms with van der Waals surface area (Å²) in [5.41, 5.74) is -0.162. The van der Waals surface area contributed by atoms with E-state index in [1.165, 1.54) is 12.1 Å². The predicted molar refractivity (Wildman–Crippen MR) is 53.7 cm³/mol. The number of benzene rings is 1. The van der Waals surface area contributed by atoms with Crippen LogP contribution in [0.5, 0.6) is 0 Å². The average molecular weight is 217 g/mol. The topological polar surface area (TPSA) is 3.24 Å². The molecule has 0 saturated carbocycles. The van der Waals surface area contributed by atoms with Gasteiger partial charge in [-0.3, -0.25) is 0 Å². The van der Waals surface area contributed by atoms with E-state index in [9.17, 15) is 13.2 Å². The molecule has 1 aromatic carbocycles. The van der Waals surface area contributed by atoms with Gasteiger partial charge in [0, 0.05) is 6.54 Å². The largest absolute Gasteiger partial charge is 0.416 e. The quantitative estimate of drug-likeness (QED) is 0.752. The third kappa shape index (κ3) is 3.55. The Balaban J connectivity index is 2.87. The van der Waals surface area contributed by atoms with Crippen molar-refractivity contribution < 1.29 is 13.2 Å². The van der Waals surface area contributed by atoms with Crippen molar-refractivity contribution in [2.75, 3.05) is 20.6 Å². The molecule has 0 fully saturated rings. The summed E-state index contributed by atoms with van der Waals surface area (Å²) in [5, 5.41) is 0. The van der Waals surface area contributed by atoms with Gasteiger partial charge in [-0.25, -0.2) is 0 Å². The van der Waals surface area contributed by atoms with Crippen LogP contribution in [0.15, 0.2) is 24.3 Å². The van der Waals surface area contributed by atoms with Gasteiger partial charge in [0.2, 0.25) is 0 Å². The number of halogens is 3. The zero-order chi connectivity index (χ0) is 11.5. The molecule has 0 aliphatic carbocycles. The number of hydrogen-bond donors (Lipinski definition) is 0. The second-order valence-electron chi connectivity index (χ2n) is 3.71. The third-order valence-electron chi connectivity index (χ3n) is 2.15. The summed E-state index contributed by atoms with van der Waals surface area (Å²) in [7, 11) is 3.69. The van der Waals surface area contributed by atoms with Gasteiger partial charge in [-0.05, 0) is 32.1 Å². The molecule has 0 aromatic heterocycles. The molecule has 0 radical (unpaired) electrons. The Labute approximate surface area is 87.5 Å². The molecule has 0 aliphatic rings. The number of nitrogens with zero attached hydrogens (tertiary/aromatic N) is 1. The summed E-state index contributed by atoms with van der Waals surface area (Å²) in [6, 6.07) is 5.72. The molecule has 1 aromatic rings. The van der Waals surface area contributed by atoms with Gasteiger partial charge in [0.15, 0.2) is 0 Å². The van der Waals surface area contributed by atoms with E-state index in [1.807, 2.05) is 19.0 Å². The predicted octanol–water partition coefficient (Wildman–Crippen LogP) is 2.81. The fourth-order valence-corrected chi connectivity index (χ4v) is 1.36. The lowest BCUT2D eigenvalue weighted by molar-refractivity contribution is -0.138. The van der Waals surface area contributed by atoms with E-state index in [0.717, 1.165) is 6.07 Å². The van der Waals surface area contributed by atoms with Crippen LogP contribution in [0.2, 0.25) is 0 Å². The van der Waals surface area contributed by atoms with Crippen molar-refractivity contribution in [2.45, 2.75) is 12.6 Å². The Morgan fingerprint density at radius 3 is 2.27 bits per heavy atom. The first kappa shape index (κ1) is 12.0. The first-order valence-electron chi connectivity index (χ1n) is 4.71. The van der Waals surface area contributed by atoms with Crippen LogP contribution in [0.1, 0.15) is 11.1 Å². The van der Waals surface area contributed by atoms with E-state index in [4.69, 9.17) is 0 Å². The molecule has 0 saturated heterocycles. The maximum absolute atomic E-state index is 12.6. The Morgan fingerprint density at radius 1 is 1.13 bits per heavy atom. The maximum Gasteiger partial charge on any atom is 0.416 e. The van der Waals surface area contributed by atoms with Crippen LogP contribution in [-0.4, -0.2) is 25.5 Å². The number of likely N-dealkylation sites (N-methyl/N-ethyl adjacent to an activating group) is 1. The molecule has 0 atom stereocenters. The molecule has 15 heavy (non-hydrogen) atoms. The minimum Gasteiger partial charge on any atom is -0.309 e. The molecule has 0 bridgehead atoms. The lowest BCUT2D eigenvalue weighted by Crippen LogP contribution is -2.17. The molecule has 0 aliphatic heterocycles. The fraction of sp³-hybridized carbons (Fsp3) is 0.455. The summed E-state index contributed by atoms with van der Waals surface area (Å²) in [4.78, 5) is 1.87. The third-order valence-corrected chi connectivity index (χ3v) is 2.15. The Hall–Kier alpha value is -1.03. The summed E-state index contributed by atoms with van der Waals surface area (Å²) in [6.45, 7) is 0.618. The van der Waals surface area contributed by atoms with Crippen LogP contribution >= 0.6 is 0 Å². The summed E-state index contributed by atoms with van der Waals surface area (Å²) in [5.74, 6) is 0. The number of hydrogen-bond acceptors (Lipinski definition) is 1. The molecule has 84 valence electrons. The van der Waals surface area contributed by atoms with Crippen molar-refractivity contribution in [3.8, 4) is 0 Å². The van der Waals surface area contributed by atoms with Gasteiger partial charge in [0.25, 0.3) is 0 Å². The smallest absolute Gasteiger partial charge is 0.309 e. The lowest BCUT2D eigenvalue weighted by atomic mass is 10.0. The van der Waals surface area contributed by atoms with Crippen molar-refractivity contribution >= 4 is 0 Å². The van der Waals surface area contributed by atoms with Crippen LogP contribution in [0.3, 0.4) is 0 Å². The SMILES string of the molecule is CN(C)CCc1ccccc1C(F)(F)F. The van der Waals surface area contributed by atoms with Crippen LogP contribution in [0.25, 0.3) is 0 Å². The highest BCUT2D eigenvalue weighted by Gasteiger charge is 2.32. The van der Waals surface area contributed by atoms with E-state index in [2.05, 4.69) is 0 Å². The van der Waals surface area contributed by atoms with Crippen LogP contribution < -0.4 is 0 Å². The average Bonchev–Trinajstić information content (AvgIpc) is 2.13. The number of alkyl halides is 3. The molecule has 1 rings (SSSR count). The second kappa shape index (κ2) is 4.66. The first-order chi connectivity index (χ1) is 6.91. The Bertz CT molecular complexity index is 318. The summed E-state index contributed by atoms with van der Waals surface area (Å²) in [6.07, 6.45) is -3.83. The molecule has 4 heteroatoms. The normalized spacial score (nSPS) is 12.1. The zero-order valence-corrected chi connectivity index (χ0v) is 8.80. The standard InChI is InChI=1S/C11H14F3N/c1-15(2)8-7-9-5-3-4-6-10(9)11(12,13)14/h3-6H,7-8H2,1-2H3. The summed E-state index contributed by atoms with van der Waals surface area (Å²) >= 11 is 0. The highest BCUT2D eigenvalue weighted by atomic mass is 19.4. The van der Waals surface area contributed by atoms with Gasteiger partial charge in [0.1, 0.15) is 0 Å². The molecule has 1 nitrogen and oxygen atoms in total. The minimum absolute atomic E-state index is 0.360. The molecule has 0 heterocycles. The number of rotatable bonds is 3. The molecule has 0 N–H and O–H groups in total. The zero-order valence-electron chi connectivity index (χ0n) is 8.80. The van der Waals surface area contributed by atoms with Crippen molar-refractivity contribution in [3.05, 3.63) is 35.4 Å². The van der Waals surface area contributed by atoms with Crippen molar-refractivity contribution in [1.29, 1.82) is 0 Å². The van der Waals surface area contributed by atoms with Gasteiger partial charge < -0.3 is 4.90 Å². The highest BCUT2D eigenvalue weighted by Crippen LogP contribution is 2.31. The maximum atomic E-state index is 12.6. The second-order valence-corrected chi connectivity index (χ2v) is 3.71. The Kier molecular flexibility index (Phi) is 3.74. The van der Waals surface area contributed by atoms with Crippen molar-refractivity contribution in [1.82, 2.24) is 4.90 Å². The lowest BCUT2D eigenvalue weighted by Gasteiger charge is -2.14. The van der Waals surface area contributed by atoms with Gasteiger partial charge >= 0.3 is 6.18 Å². The van der Waals surface area contributed by atoms with Crippen molar-refractivity contribution in [2.24, 2.45) is 0 Å². The van der Waals surface area contributed by atoms with Gasteiger partial charge in [-0.15, -0.1) is 0 Å². The molecular weight excluding hydrogens is 203 g/mol. The van der Waals surface area contributed by atoms with E-state index in [0.29, 0.717) is 18.5 Å². The fourth-order valence-electron chi connectivity index (χ4n) is 1.36. The minimum atomic E-state index is -4.25.